The minimum atomic E-state index is -3.81. The van der Waals surface area contributed by atoms with Crippen molar-refractivity contribution in [2.45, 2.75) is 18.7 Å². The number of benzene rings is 2. The average Bonchev–Trinajstić information content (AvgIpc) is 2.42. The van der Waals surface area contributed by atoms with Crippen molar-refractivity contribution in [3.63, 3.8) is 0 Å². The second kappa shape index (κ2) is 5.73. The van der Waals surface area contributed by atoms with Crippen molar-refractivity contribution in [2.24, 2.45) is 0 Å². The van der Waals surface area contributed by atoms with Gasteiger partial charge in [0.25, 0.3) is 10.0 Å². The number of hydrogen-bond donors (Lipinski definition) is 1. The first kappa shape index (κ1) is 15.3. The number of hydrogen-bond acceptors (Lipinski definition) is 3. The molecule has 0 aliphatic heterocycles. The van der Waals surface area contributed by atoms with Gasteiger partial charge in [-0.3, -0.25) is 4.72 Å². The summed E-state index contributed by atoms with van der Waals surface area (Å²) in [5, 5.41) is 0. The van der Waals surface area contributed by atoms with Gasteiger partial charge in [0.1, 0.15) is 16.5 Å². The summed E-state index contributed by atoms with van der Waals surface area (Å²) in [6.45, 7) is 3.36. The van der Waals surface area contributed by atoms with Gasteiger partial charge in [-0.1, -0.05) is 6.07 Å². The molecule has 0 atom stereocenters. The molecule has 0 aromatic heterocycles. The van der Waals surface area contributed by atoms with Crippen LogP contribution in [0.15, 0.2) is 41.3 Å². The van der Waals surface area contributed by atoms with Crippen LogP contribution in [0.1, 0.15) is 11.1 Å². The molecule has 0 radical (unpaired) electrons. The van der Waals surface area contributed by atoms with Gasteiger partial charge in [-0.05, 0) is 55.3 Å². The maximum Gasteiger partial charge on any atom is 0.265 e. The van der Waals surface area contributed by atoms with Gasteiger partial charge in [-0.25, -0.2) is 12.8 Å². The summed E-state index contributed by atoms with van der Waals surface area (Å²) in [4.78, 5) is 0.0481. The third-order valence-electron chi connectivity index (χ3n) is 3.02. The van der Waals surface area contributed by atoms with E-state index in [1.807, 2.05) is 0 Å². The van der Waals surface area contributed by atoms with Gasteiger partial charge >= 0.3 is 0 Å². The second-order valence-electron chi connectivity index (χ2n) is 4.72. The Bertz CT molecular complexity index is 772. The summed E-state index contributed by atoms with van der Waals surface area (Å²) in [6.07, 6.45) is 0. The van der Waals surface area contributed by atoms with E-state index >= 15 is 0 Å². The molecule has 0 saturated heterocycles. The van der Waals surface area contributed by atoms with Gasteiger partial charge in [-0.2, -0.15) is 0 Å². The first-order valence-corrected chi connectivity index (χ1v) is 7.75. The monoisotopic (exact) mass is 309 g/mol. The van der Waals surface area contributed by atoms with Gasteiger partial charge in [0.2, 0.25) is 0 Å². The summed E-state index contributed by atoms with van der Waals surface area (Å²) in [6, 6.07) is 8.93. The Kier molecular flexibility index (Phi) is 4.18. The summed E-state index contributed by atoms with van der Waals surface area (Å²) in [7, 11) is -2.40. The maximum atomic E-state index is 13.2. The highest BCUT2D eigenvalue weighted by Crippen LogP contribution is 2.27. The molecule has 112 valence electrons. The lowest BCUT2D eigenvalue weighted by Crippen LogP contribution is -2.14. The zero-order valence-electron chi connectivity index (χ0n) is 12.0. The fourth-order valence-electron chi connectivity index (χ4n) is 1.91. The van der Waals surface area contributed by atoms with Crippen molar-refractivity contribution in [3.8, 4) is 5.75 Å². The van der Waals surface area contributed by atoms with Crippen molar-refractivity contribution < 1.29 is 17.5 Å². The van der Waals surface area contributed by atoms with Gasteiger partial charge in [0.15, 0.2) is 0 Å². The van der Waals surface area contributed by atoms with Gasteiger partial charge < -0.3 is 4.74 Å². The van der Waals surface area contributed by atoms with Gasteiger partial charge in [0, 0.05) is 5.69 Å². The van der Waals surface area contributed by atoms with E-state index in [9.17, 15) is 12.8 Å². The molecule has 0 bridgehead atoms. The molecule has 0 unspecified atom stereocenters. The number of rotatable bonds is 4. The molecule has 0 heterocycles. The van der Waals surface area contributed by atoms with Crippen LogP contribution >= 0.6 is 0 Å². The Labute approximate surface area is 123 Å². The third-order valence-corrected chi connectivity index (χ3v) is 4.42. The predicted octanol–water partition coefficient (Wildman–Crippen LogP) is 3.25. The van der Waals surface area contributed by atoms with Crippen LogP contribution in [0.4, 0.5) is 10.1 Å². The predicted molar refractivity (Wildman–Crippen MR) is 79.7 cm³/mol. The molecule has 0 saturated carbocycles. The summed E-state index contributed by atoms with van der Waals surface area (Å²) in [5.74, 6) is -0.127. The Morgan fingerprint density at radius 3 is 2.43 bits per heavy atom. The lowest BCUT2D eigenvalue weighted by molar-refractivity contribution is 0.402. The molecule has 0 amide bonds. The van der Waals surface area contributed by atoms with E-state index in [1.165, 1.54) is 31.4 Å². The standard InChI is InChI=1S/C15H16FNO3S/c1-10-4-7-14(20-3)15(8-10)21(18,19)17-12-5-6-13(16)11(2)9-12/h4-9,17H,1-3H3. The van der Waals surface area contributed by atoms with Crippen LogP contribution in [-0.2, 0) is 10.0 Å². The van der Waals surface area contributed by atoms with E-state index < -0.39 is 10.0 Å². The van der Waals surface area contributed by atoms with Crippen LogP contribution in [0.2, 0.25) is 0 Å². The van der Waals surface area contributed by atoms with E-state index in [4.69, 9.17) is 4.74 Å². The smallest absolute Gasteiger partial charge is 0.265 e. The van der Waals surface area contributed by atoms with Crippen LogP contribution < -0.4 is 9.46 Å². The van der Waals surface area contributed by atoms with E-state index in [1.54, 1.807) is 26.0 Å². The summed E-state index contributed by atoms with van der Waals surface area (Å²) in [5.41, 5.74) is 1.47. The van der Waals surface area contributed by atoms with Gasteiger partial charge in [-0.15, -0.1) is 0 Å². The minimum absolute atomic E-state index is 0.0481. The maximum absolute atomic E-state index is 13.2. The SMILES string of the molecule is COc1ccc(C)cc1S(=O)(=O)Nc1ccc(F)c(C)c1. The quantitative estimate of drug-likeness (QED) is 0.943. The fraction of sp³-hybridized carbons (Fsp3) is 0.200. The Balaban J connectivity index is 2.42. The highest BCUT2D eigenvalue weighted by molar-refractivity contribution is 7.92. The van der Waals surface area contributed by atoms with Crippen molar-refractivity contribution in [2.75, 3.05) is 11.8 Å². The number of ether oxygens (including phenoxy) is 1. The number of anilines is 1. The molecule has 0 aliphatic rings. The van der Waals surface area contributed by atoms with Gasteiger partial charge in [0.05, 0.1) is 7.11 Å². The van der Waals surface area contributed by atoms with Crippen molar-refractivity contribution in [3.05, 3.63) is 53.3 Å². The van der Waals surface area contributed by atoms with E-state index in [0.29, 0.717) is 11.3 Å². The zero-order chi connectivity index (χ0) is 15.6. The second-order valence-corrected chi connectivity index (χ2v) is 6.37. The molecular formula is C15H16FNO3S. The Morgan fingerprint density at radius 1 is 1.10 bits per heavy atom. The highest BCUT2D eigenvalue weighted by atomic mass is 32.2. The summed E-state index contributed by atoms with van der Waals surface area (Å²) < 4.78 is 45.6. The number of nitrogens with one attached hydrogen (secondary N) is 1. The van der Waals surface area contributed by atoms with E-state index in [0.717, 1.165) is 5.56 Å². The summed E-state index contributed by atoms with van der Waals surface area (Å²) >= 11 is 0. The first-order valence-electron chi connectivity index (χ1n) is 6.27. The van der Waals surface area contributed by atoms with Crippen molar-refractivity contribution >= 4 is 15.7 Å². The first-order chi connectivity index (χ1) is 9.83. The number of methoxy groups -OCH3 is 1. The largest absolute Gasteiger partial charge is 0.495 e. The molecule has 0 aliphatic carbocycles. The third kappa shape index (κ3) is 3.33. The molecule has 2 aromatic rings. The number of aryl methyl sites for hydroxylation is 2. The average molecular weight is 309 g/mol. The minimum Gasteiger partial charge on any atom is -0.495 e. The van der Waals surface area contributed by atoms with Crippen molar-refractivity contribution in [1.82, 2.24) is 0 Å². The van der Waals surface area contributed by atoms with Crippen molar-refractivity contribution in [1.29, 1.82) is 0 Å². The Hall–Kier alpha value is -2.08. The molecule has 21 heavy (non-hydrogen) atoms. The molecule has 0 spiro atoms. The molecule has 2 aromatic carbocycles. The molecule has 4 nitrogen and oxygen atoms in total. The molecule has 1 N–H and O–H groups in total. The van der Waals surface area contributed by atoms with Crippen LogP contribution in [0.25, 0.3) is 0 Å². The lowest BCUT2D eigenvalue weighted by atomic mass is 10.2. The van der Waals surface area contributed by atoms with Crippen LogP contribution in [0.5, 0.6) is 5.75 Å². The zero-order valence-corrected chi connectivity index (χ0v) is 12.8. The molecule has 6 heteroatoms. The highest BCUT2D eigenvalue weighted by Gasteiger charge is 2.20. The Morgan fingerprint density at radius 2 is 1.81 bits per heavy atom. The van der Waals surface area contributed by atoms with Crippen LogP contribution in [-0.4, -0.2) is 15.5 Å². The molecule has 0 fully saturated rings. The number of sulfonamides is 1. The topological polar surface area (TPSA) is 55.4 Å². The van der Waals surface area contributed by atoms with E-state index in [2.05, 4.69) is 4.72 Å². The molecule has 2 rings (SSSR count). The van der Waals surface area contributed by atoms with E-state index in [-0.39, 0.29) is 16.5 Å². The normalized spacial score (nSPS) is 11.2. The lowest BCUT2D eigenvalue weighted by Gasteiger charge is -2.12. The number of halogens is 1. The molecular weight excluding hydrogens is 293 g/mol. The fourth-order valence-corrected chi connectivity index (χ4v) is 3.22. The van der Waals surface area contributed by atoms with Crippen LogP contribution in [0, 0.1) is 19.7 Å². The van der Waals surface area contributed by atoms with Crippen LogP contribution in [0.3, 0.4) is 0 Å².